The molecular formula is C17H17N3O. The van der Waals surface area contributed by atoms with E-state index in [0.29, 0.717) is 11.3 Å². The highest BCUT2D eigenvalue weighted by molar-refractivity contribution is 5.79. The smallest absolute Gasteiger partial charge is 0.273 e. The van der Waals surface area contributed by atoms with Crippen molar-refractivity contribution in [2.75, 3.05) is 0 Å². The second-order valence-electron chi connectivity index (χ2n) is 5.24. The second-order valence-corrected chi connectivity index (χ2v) is 5.24. The summed E-state index contributed by atoms with van der Waals surface area (Å²) < 4.78 is 3.33. The van der Waals surface area contributed by atoms with Gasteiger partial charge >= 0.3 is 5.69 Å². The summed E-state index contributed by atoms with van der Waals surface area (Å²) in [5, 5.41) is 0. The molecule has 0 saturated carbocycles. The lowest BCUT2D eigenvalue weighted by atomic mass is 10.2. The Morgan fingerprint density at radius 2 is 1.86 bits per heavy atom. The molecule has 1 aromatic carbocycles. The number of benzene rings is 1. The van der Waals surface area contributed by atoms with E-state index in [1.165, 1.54) is 0 Å². The highest BCUT2D eigenvalue weighted by Gasteiger charge is 2.18. The molecule has 3 aromatic rings. The Bertz CT molecular complexity index is 857. The molecule has 106 valence electrons. The van der Waals surface area contributed by atoms with Gasteiger partial charge in [-0.3, -0.25) is 9.13 Å². The first kappa shape index (κ1) is 13.4. The molecule has 0 N–H and O–H groups in total. The number of imidazole rings is 1. The summed E-state index contributed by atoms with van der Waals surface area (Å²) in [6.45, 7) is 8.06. The molecule has 0 atom stereocenters. The lowest BCUT2D eigenvalue weighted by Gasteiger charge is -2.07. The van der Waals surface area contributed by atoms with Gasteiger partial charge in [0.15, 0.2) is 5.65 Å². The van der Waals surface area contributed by atoms with Crippen LogP contribution in [0.15, 0.2) is 60.0 Å². The number of pyridine rings is 1. The minimum atomic E-state index is -0.104. The van der Waals surface area contributed by atoms with Crippen LogP contribution in [0, 0.1) is 0 Å². The third-order valence-corrected chi connectivity index (χ3v) is 3.53. The van der Waals surface area contributed by atoms with E-state index < -0.39 is 0 Å². The van der Waals surface area contributed by atoms with Crippen molar-refractivity contribution in [3.05, 3.63) is 71.3 Å². The molecule has 0 aliphatic carbocycles. The second kappa shape index (κ2) is 5.05. The van der Waals surface area contributed by atoms with E-state index in [0.717, 1.165) is 11.1 Å². The number of hydrogen-bond acceptors (Lipinski definition) is 2. The zero-order chi connectivity index (χ0) is 15.0. The van der Waals surface area contributed by atoms with Crippen LogP contribution < -0.4 is 5.69 Å². The van der Waals surface area contributed by atoms with E-state index >= 15 is 0 Å². The Balaban J connectivity index is 2.31. The third kappa shape index (κ3) is 2.09. The maximum atomic E-state index is 12.8. The third-order valence-electron chi connectivity index (χ3n) is 3.53. The molecule has 4 heteroatoms. The first-order valence-corrected chi connectivity index (χ1v) is 6.94. The molecule has 0 aliphatic heterocycles. The van der Waals surface area contributed by atoms with E-state index in [9.17, 15) is 4.79 Å². The van der Waals surface area contributed by atoms with Crippen molar-refractivity contribution in [3.8, 4) is 0 Å². The van der Waals surface area contributed by atoms with Crippen LogP contribution in [0.3, 0.4) is 0 Å². The van der Waals surface area contributed by atoms with Gasteiger partial charge in [0, 0.05) is 12.2 Å². The SMILES string of the molecule is C=C(c1ccccc1)n1c(=O)n(C(C)C)c2ncccc21. The Labute approximate surface area is 123 Å². The molecule has 3 rings (SSSR count). The molecular weight excluding hydrogens is 262 g/mol. The number of nitrogens with zero attached hydrogens (tertiary/aromatic N) is 3. The average molecular weight is 279 g/mol. The summed E-state index contributed by atoms with van der Waals surface area (Å²) in [5.74, 6) is 0. The quantitative estimate of drug-likeness (QED) is 0.738. The summed E-state index contributed by atoms with van der Waals surface area (Å²) in [4.78, 5) is 17.1. The van der Waals surface area contributed by atoms with Crippen LogP contribution in [0.4, 0.5) is 0 Å². The predicted molar refractivity (Wildman–Crippen MR) is 85.3 cm³/mol. The van der Waals surface area contributed by atoms with Gasteiger partial charge < -0.3 is 0 Å². The average Bonchev–Trinajstić information content (AvgIpc) is 2.79. The standard InChI is InChI=1S/C17H17N3O/c1-12(2)19-16-15(10-7-11-18-16)20(17(19)21)13(3)14-8-5-4-6-9-14/h4-12H,3H2,1-2H3. The van der Waals surface area contributed by atoms with Gasteiger partial charge in [0.25, 0.3) is 0 Å². The summed E-state index contributed by atoms with van der Waals surface area (Å²) >= 11 is 0. The maximum Gasteiger partial charge on any atom is 0.335 e. The van der Waals surface area contributed by atoms with Crippen LogP contribution in [-0.4, -0.2) is 14.1 Å². The van der Waals surface area contributed by atoms with Gasteiger partial charge in [0.05, 0.1) is 11.2 Å². The largest absolute Gasteiger partial charge is 0.335 e. The molecule has 0 radical (unpaired) electrons. The van der Waals surface area contributed by atoms with Crippen molar-refractivity contribution in [1.82, 2.24) is 14.1 Å². The number of aromatic nitrogens is 3. The Kier molecular flexibility index (Phi) is 3.22. The maximum absolute atomic E-state index is 12.8. The van der Waals surface area contributed by atoms with Gasteiger partial charge in [-0.05, 0) is 31.5 Å². The van der Waals surface area contributed by atoms with Crippen molar-refractivity contribution in [1.29, 1.82) is 0 Å². The van der Waals surface area contributed by atoms with Gasteiger partial charge in [0.2, 0.25) is 0 Å². The number of hydrogen-bond donors (Lipinski definition) is 0. The fraction of sp³-hybridized carbons (Fsp3) is 0.176. The molecule has 4 nitrogen and oxygen atoms in total. The Morgan fingerprint density at radius 1 is 1.14 bits per heavy atom. The van der Waals surface area contributed by atoms with Crippen molar-refractivity contribution < 1.29 is 0 Å². The summed E-state index contributed by atoms with van der Waals surface area (Å²) in [6, 6.07) is 13.5. The minimum Gasteiger partial charge on any atom is -0.273 e. The van der Waals surface area contributed by atoms with Gasteiger partial charge in [-0.15, -0.1) is 0 Å². The van der Waals surface area contributed by atoms with Crippen LogP contribution in [0.2, 0.25) is 0 Å². The lowest BCUT2D eigenvalue weighted by Crippen LogP contribution is -2.25. The Morgan fingerprint density at radius 3 is 2.52 bits per heavy atom. The van der Waals surface area contributed by atoms with Crippen molar-refractivity contribution >= 4 is 16.9 Å². The van der Waals surface area contributed by atoms with Gasteiger partial charge in [0.1, 0.15) is 0 Å². The van der Waals surface area contributed by atoms with E-state index in [4.69, 9.17) is 0 Å². The monoisotopic (exact) mass is 279 g/mol. The molecule has 2 heterocycles. The molecule has 0 aliphatic rings. The summed E-state index contributed by atoms with van der Waals surface area (Å²) in [7, 11) is 0. The topological polar surface area (TPSA) is 39.8 Å². The van der Waals surface area contributed by atoms with Crippen LogP contribution in [0.25, 0.3) is 16.9 Å². The first-order chi connectivity index (χ1) is 10.1. The van der Waals surface area contributed by atoms with Crippen molar-refractivity contribution in [3.63, 3.8) is 0 Å². The summed E-state index contributed by atoms with van der Waals surface area (Å²) in [5.41, 5.74) is 2.96. The molecule has 0 bridgehead atoms. The van der Waals surface area contributed by atoms with Crippen LogP contribution in [-0.2, 0) is 0 Å². The normalized spacial score (nSPS) is 11.2. The fourth-order valence-corrected chi connectivity index (χ4v) is 2.54. The molecule has 0 unspecified atom stereocenters. The van der Waals surface area contributed by atoms with Crippen molar-refractivity contribution in [2.24, 2.45) is 0 Å². The van der Waals surface area contributed by atoms with Gasteiger partial charge in [-0.25, -0.2) is 9.78 Å². The molecule has 0 fully saturated rings. The highest BCUT2D eigenvalue weighted by atomic mass is 16.1. The van der Waals surface area contributed by atoms with Crippen LogP contribution in [0.5, 0.6) is 0 Å². The molecule has 0 spiro atoms. The van der Waals surface area contributed by atoms with Crippen molar-refractivity contribution in [2.45, 2.75) is 19.9 Å². The summed E-state index contributed by atoms with van der Waals surface area (Å²) in [6.07, 6.45) is 1.70. The number of rotatable bonds is 3. The van der Waals surface area contributed by atoms with E-state index in [2.05, 4.69) is 11.6 Å². The first-order valence-electron chi connectivity index (χ1n) is 6.94. The fourth-order valence-electron chi connectivity index (χ4n) is 2.54. The number of fused-ring (bicyclic) bond motifs is 1. The van der Waals surface area contributed by atoms with Gasteiger partial charge in [-0.2, -0.15) is 0 Å². The molecule has 2 aromatic heterocycles. The molecule has 0 amide bonds. The lowest BCUT2D eigenvalue weighted by molar-refractivity contribution is 0.587. The van der Waals surface area contributed by atoms with Gasteiger partial charge in [-0.1, -0.05) is 36.9 Å². The molecule has 0 saturated heterocycles. The molecule has 21 heavy (non-hydrogen) atoms. The zero-order valence-electron chi connectivity index (χ0n) is 12.2. The van der Waals surface area contributed by atoms with Crippen LogP contribution in [0.1, 0.15) is 25.5 Å². The van der Waals surface area contributed by atoms with Crippen LogP contribution >= 0.6 is 0 Å². The zero-order valence-corrected chi connectivity index (χ0v) is 12.2. The predicted octanol–water partition coefficient (Wildman–Crippen LogP) is 3.30. The van der Waals surface area contributed by atoms with E-state index in [1.54, 1.807) is 15.3 Å². The Hall–Kier alpha value is -2.62. The van der Waals surface area contributed by atoms with E-state index in [1.807, 2.05) is 56.3 Å². The minimum absolute atomic E-state index is 0.0414. The van der Waals surface area contributed by atoms with E-state index in [-0.39, 0.29) is 11.7 Å². The highest BCUT2D eigenvalue weighted by Crippen LogP contribution is 2.21.